The molecule has 2 aromatic rings. The van der Waals surface area contributed by atoms with Crippen LogP contribution in [0.5, 0.6) is 0 Å². The van der Waals surface area contributed by atoms with E-state index in [1.54, 1.807) is 0 Å². The van der Waals surface area contributed by atoms with Gasteiger partial charge in [0, 0.05) is 19.2 Å². The third kappa shape index (κ3) is 3.08. The van der Waals surface area contributed by atoms with Crippen molar-refractivity contribution in [3.05, 3.63) is 34.1 Å². The lowest BCUT2D eigenvalue weighted by atomic mass is 10.3. The van der Waals surface area contributed by atoms with Crippen LogP contribution in [-0.2, 0) is 10.0 Å². The monoisotopic (exact) mass is 313 g/mol. The molecule has 0 spiro atoms. The second-order valence-corrected chi connectivity index (χ2v) is 5.59. The molecular formula is C10H11N5O5S. The Bertz CT molecular complexity index is 785. The fraction of sp³-hybridized carbons (Fsp3) is 0.200. The summed E-state index contributed by atoms with van der Waals surface area (Å²) in [6.07, 6.45) is 0. The van der Waals surface area contributed by atoms with Crippen LogP contribution in [0.15, 0.2) is 27.6 Å². The Hall–Kier alpha value is -2.69. The van der Waals surface area contributed by atoms with Crippen molar-refractivity contribution in [3.63, 3.8) is 0 Å². The van der Waals surface area contributed by atoms with Gasteiger partial charge in [-0.2, -0.15) is 4.98 Å². The molecule has 11 heteroatoms. The van der Waals surface area contributed by atoms with Crippen molar-refractivity contribution < 1.29 is 17.9 Å². The second-order valence-electron chi connectivity index (χ2n) is 3.94. The highest BCUT2D eigenvalue weighted by Gasteiger charge is 2.23. The quantitative estimate of drug-likeness (QED) is 0.618. The zero-order chi connectivity index (χ0) is 15.6. The topological polar surface area (TPSA) is 140 Å². The fourth-order valence-electron chi connectivity index (χ4n) is 1.57. The van der Waals surface area contributed by atoms with E-state index in [2.05, 4.69) is 24.7 Å². The number of nitro benzene ring substituents is 1. The van der Waals surface area contributed by atoms with Crippen molar-refractivity contribution in [2.45, 2.75) is 11.8 Å². The van der Waals surface area contributed by atoms with Crippen LogP contribution in [0.2, 0.25) is 0 Å². The van der Waals surface area contributed by atoms with Crippen molar-refractivity contribution in [2.24, 2.45) is 0 Å². The fourth-order valence-corrected chi connectivity index (χ4v) is 2.69. The first kappa shape index (κ1) is 14.7. The van der Waals surface area contributed by atoms with Gasteiger partial charge in [0.25, 0.3) is 15.7 Å². The summed E-state index contributed by atoms with van der Waals surface area (Å²) in [6, 6.07) is 3.05. The number of benzene rings is 1. The SMILES string of the molecule is CNc1cc([N+](=O)[O-])ccc1S(=O)(=O)Nc1nc(C)no1. The minimum atomic E-state index is -4.02. The van der Waals surface area contributed by atoms with Gasteiger partial charge in [0.1, 0.15) is 4.90 Å². The van der Waals surface area contributed by atoms with Gasteiger partial charge < -0.3 is 9.84 Å². The number of sulfonamides is 1. The normalized spacial score (nSPS) is 11.1. The summed E-state index contributed by atoms with van der Waals surface area (Å²) in [4.78, 5) is 13.6. The number of hydrogen-bond acceptors (Lipinski definition) is 8. The molecule has 2 rings (SSSR count). The van der Waals surface area contributed by atoms with E-state index in [0.717, 1.165) is 18.2 Å². The number of anilines is 2. The second kappa shape index (κ2) is 5.36. The van der Waals surface area contributed by atoms with Gasteiger partial charge in [-0.05, 0) is 13.0 Å². The molecular weight excluding hydrogens is 302 g/mol. The Morgan fingerprint density at radius 2 is 2.10 bits per heavy atom. The van der Waals surface area contributed by atoms with E-state index in [-0.39, 0.29) is 28.1 Å². The summed E-state index contributed by atoms with van der Waals surface area (Å²) in [5, 5.41) is 16.8. The standard InChI is InChI=1S/C10H11N5O5S/c1-6-12-10(20-13-6)14-21(18,19)9-4-3-7(15(16)17)5-8(9)11-2/h3-5,11H,1-2H3,(H,12,13,14). The highest BCUT2D eigenvalue weighted by molar-refractivity contribution is 7.92. The minimum absolute atomic E-state index is 0.0768. The van der Waals surface area contributed by atoms with Crippen LogP contribution in [0.25, 0.3) is 0 Å². The van der Waals surface area contributed by atoms with E-state index in [0.29, 0.717) is 0 Å². The number of rotatable bonds is 5. The number of aromatic nitrogens is 2. The molecule has 1 aromatic carbocycles. The van der Waals surface area contributed by atoms with Crippen molar-refractivity contribution in [1.29, 1.82) is 0 Å². The maximum absolute atomic E-state index is 12.2. The summed E-state index contributed by atoms with van der Waals surface area (Å²) >= 11 is 0. The average Bonchev–Trinajstić information content (AvgIpc) is 2.82. The molecule has 21 heavy (non-hydrogen) atoms. The Balaban J connectivity index is 2.42. The third-order valence-corrected chi connectivity index (χ3v) is 3.86. The minimum Gasteiger partial charge on any atom is -0.387 e. The van der Waals surface area contributed by atoms with E-state index in [1.165, 1.54) is 14.0 Å². The van der Waals surface area contributed by atoms with Crippen molar-refractivity contribution in [3.8, 4) is 0 Å². The molecule has 0 aliphatic heterocycles. The predicted molar refractivity (Wildman–Crippen MR) is 72.5 cm³/mol. The van der Waals surface area contributed by atoms with Gasteiger partial charge in [-0.1, -0.05) is 5.16 Å². The molecule has 0 bridgehead atoms. The molecule has 0 saturated heterocycles. The zero-order valence-corrected chi connectivity index (χ0v) is 11.8. The Morgan fingerprint density at radius 3 is 2.62 bits per heavy atom. The lowest BCUT2D eigenvalue weighted by molar-refractivity contribution is -0.384. The molecule has 2 N–H and O–H groups in total. The maximum atomic E-state index is 12.2. The van der Waals surface area contributed by atoms with E-state index >= 15 is 0 Å². The third-order valence-electron chi connectivity index (χ3n) is 2.48. The van der Waals surface area contributed by atoms with E-state index in [9.17, 15) is 18.5 Å². The zero-order valence-electron chi connectivity index (χ0n) is 11.0. The summed E-state index contributed by atoms with van der Waals surface area (Å²) in [5.74, 6) is 0.269. The molecule has 0 fully saturated rings. The number of nitrogens with zero attached hydrogens (tertiary/aromatic N) is 3. The summed E-state index contributed by atoms with van der Waals surface area (Å²) < 4.78 is 31.2. The van der Waals surface area contributed by atoms with Gasteiger partial charge in [-0.25, -0.2) is 13.1 Å². The Morgan fingerprint density at radius 1 is 1.38 bits per heavy atom. The molecule has 0 unspecified atom stereocenters. The molecule has 0 radical (unpaired) electrons. The van der Waals surface area contributed by atoms with Gasteiger partial charge in [0.15, 0.2) is 5.82 Å². The van der Waals surface area contributed by atoms with Gasteiger partial charge in [0.2, 0.25) is 0 Å². The molecule has 1 heterocycles. The first-order chi connectivity index (χ1) is 9.83. The van der Waals surface area contributed by atoms with E-state index < -0.39 is 14.9 Å². The molecule has 0 aliphatic rings. The average molecular weight is 313 g/mol. The highest BCUT2D eigenvalue weighted by Crippen LogP contribution is 2.27. The van der Waals surface area contributed by atoms with Crippen LogP contribution in [0.3, 0.4) is 0 Å². The number of nitrogens with one attached hydrogen (secondary N) is 2. The molecule has 10 nitrogen and oxygen atoms in total. The Labute approximate surface area is 119 Å². The van der Waals surface area contributed by atoms with Gasteiger partial charge in [-0.3, -0.25) is 10.1 Å². The summed E-state index contributed by atoms with van der Waals surface area (Å²) in [5.41, 5.74) is -0.153. The number of aryl methyl sites for hydroxylation is 1. The van der Waals surface area contributed by atoms with Crippen molar-refractivity contribution in [1.82, 2.24) is 10.1 Å². The number of non-ortho nitro benzene ring substituents is 1. The molecule has 1 aromatic heterocycles. The predicted octanol–water partition coefficient (Wildman–Crippen LogP) is 1.13. The largest absolute Gasteiger partial charge is 0.387 e. The van der Waals surface area contributed by atoms with E-state index in [4.69, 9.17) is 0 Å². The maximum Gasteiger partial charge on any atom is 0.335 e. The molecule has 0 aliphatic carbocycles. The smallest absolute Gasteiger partial charge is 0.335 e. The first-order valence-electron chi connectivity index (χ1n) is 5.63. The molecule has 112 valence electrons. The van der Waals surface area contributed by atoms with Crippen LogP contribution in [0.4, 0.5) is 17.4 Å². The van der Waals surface area contributed by atoms with Crippen LogP contribution < -0.4 is 10.0 Å². The summed E-state index contributed by atoms with van der Waals surface area (Å²) in [7, 11) is -2.56. The first-order valence-corrected chi connectivity index (χ1v) is 7.11. The summed E-state index contributed by atoms with van der Waals surface area (Å²) in [6.45, 7) is 1.53. The van der Waals surface area contributed by atoms with Crippen LogP contribution in [0.1, 0.15) is 5.82 Å². The van der Waals surface area contributed by atoms with Gasteiger partial charge in [-0.15, -0.1) is 0 Å². The Kier molecular flexibility index (Phi) is 3.76. The molecule has 0 saturated carbocycles. The highest BCUT2D eigenvalue weighted by atomic mass is 32.2. The number of nitro groups is 1. The molecule has 0 amide bonds. The number of hydrogen-bond donors (Lipinski definition) is 2. The van der Waals surface area contributed by atoms with Crippen LogP contribution in [-0.4, -0.2) is 30.5 Å². The van der Waals surface area contributed by atoms with Crippen LogP contribution >= 0.6 is 0 Å². The lowest BCUT2D eigenvalue weighted by Crippen LogP contribution is -2.15. The van der Waals surface area contributed by atoms with Gasteiger partial charge in [0.05, 0.1) is 10.6 Å². The van der Waals surface area contributed by atoms with Crippen molar-refractivity contribution in [2.75, 3.05) is 17.1 Å². The van der Waals surface area contributed by atoms with Gasteiger partial charge >= 0.3 is 6.01 Å². The van der Waals surface area contributed by atoms with E-state index in [1.807, 2.05) is 0 Å². The van der Waals surface area contributed by atoms with Crippen LogP contribution in [0, 0.1) is 17.0 Å². The van der Waals surface area contributed by atoms with Crippen molar-refractivity contribution >= 4 is 27.4 Å². The lowest BCUT2D eigenvalue weighted by Gasteiger charge is -2.09. The molecule has 0 atom stereocenters.